The second-order valence-corrected chi connectivity index (χ2v) is 4.49. The van der Waals surface area contributed by atoms with Gasteiger partial charge in [-0.05, 0) is 25.4 Å². The number of rotatable bonds is 10. The molecule has 0 aromatic carbocycles. The molecule has 0 fully saturated rings. The van der Waals surface area contributed by atoms with Crippen molar-refractivity contribution in [1.82, 2.24) is 5.32 Å². The first kappa shape index (κ1) is 14.0. The summed E-state index contributed by atoms with van der Waals surface area (Å²) in [4.78, 5) is 0. The molecule has 1 nitrogen and oxygen atoms in total. The summed E-state index contributed by atoms with van der Waals surface area (Å²) in [6.45, 7) is 9.26. The highest BCUT2D eigenvalue weighted by Gasteiger charge is 1.96. The van der Waals surface area contributed by atoms with Gasteiger partial charge in [-0.3, -0.25) is 0 Å². The Hall–Kier alpha value is -0.0400. The average molecular weight is 199 g/mol. The first-order chi connectivity index (χ1) is 6.81. The van der Waals surface area contributed by atoms with Crippen LogP contribution in [-0.2, 0) is 0 Å². The quantitative estimate of drug-likeness (QED) is 0.525. The van der Waals surface area contributed by atoms with Crippen LogP contribution in [-0.4, -0.2) is 13.1 Å². The largest absolute Gasteiger partial charge is 0.316 e. The van der Waals surface area contributed by atoms with Gasteiger partial charge in [0.25, 0.3) is 0 Å². The van der Waals surface area contributed by atoms with Crippen molar-refractivity contribution >= 4 is 0 Å². The van der Waals surface area contributed by atoms with Crippen molar-refractivity contribution in [2.45, 2.75) is 65.7 Å². The van der Waals surface area contributed by atoms with Crippen LogP contribution in [0.3, 0.4) is 0 Å². The van der Waals surface area contributed by atoms with E-state index in [9.17, 15) is 0 Å². The van der Waals surface area contributed by atoms with E-state index in [1.807, 2.05) is 0 Å². The van der Waals surface area contributed by atoms with Crippen molar-refractivity contribution in [3.63, 3.8) is 0 Å². The predicted molar refractivity (Wildman–Crippen MR) is 65.7 cm³/mol. The van der Waals surface area contributed by atoms with Gasteiger partial charge in [-0.25, -0.2) is 0 Å². The summed E-state index contributed by atoms with van der Waals surface area (Å²) in [6, 6.07) is 0. The molecule has 1 atom stereocenters. The molecule has 0 saturated carbocycles. The summed E-state index contributed by atoms with van der Waals surface area (Å²) in [5, 5.41) is 3.53. The van der Waals surface area contributed by atoms with E-state index in [0.29, 0.717) is 0 Å². The fourth-order valence-corrected chi connectivity index (χ4v) is 1.52. The van der Waals surface area contributed by atoms with Crippen LogP contribution >= 0.6 is 0 Å². The number of hydrogen-bond acceptors (Lipinski definition) is 1. The van der Waals surface area contributed by atoms with Crippen molar-refractivity contribution in [2.75, 3.05) is 13.1 Å². The lowest BCUT2D eigenvalue weighted by Gasteiger charge is -2.09. The maximum atomic E-state index is 3.53. The van der Waals surface area contributed by atoms with E-state index < -0.39 is 0 Å². The monoisotopic (exact) mass is 199 g/mol. The Morgan fingerprint density at radius 1 is 0.929 bits per heavy atom. The van der Waals surface area contributed by atoms with Crippen molar-refractivity contribution in [2.24, 2.45) is 5.92 Å². The van der Waals surface area contributed by atoms with Gasteiger partial charge in [-0.15, -0.1) is 0 Å². The second kappa shape index (κ2) is 11.0. The minimum absolute atomic E-state index is 0.843. The Kier molecular flexibility index (Phi) is 11.0. The molecule has 0 spiro atoms. The molecule has 0 rings (SSSR count). The maximum Gasteiger partial charge on any atom is -0.00233 e. The lowest BCUT2D eigenvalue weighted by molar-refractivity contribution is 0.486. The zero-order chi connectivity index (χ0) is 10.6. The smallest absolute Gasteiger partial charge is 0.00233 e. The highest BCUT2D eigenvalue weighted by molar-refractivity contribution is 4.55. The van der Waals surface area contributed by atoms with E-state index in [4.69, 9.17) is 0 Å². The first-order valence-electron chi connectivity index (χ1n) is 6.52. The Morgan fingerprint density at radius 2 is 1.57 bits per heavy atom. The summed E-state index contributed by atoms with van der Waals surface area (Å²) in [5.41, 5.74) is 0. The van der Waals surface area contributed by atoms with Gasteiger partial charge in [-0.2, -0.15) is 0 Å². The van der Waals surface area contributed by atoms with Crippen LogP contribution in [0.15, 0.2) is 0 Å². The van der Waals surface area contributed by atoms with Crippen molar-refractivity contribution in [3.05, 3.63) is 0 Å². The fraction of sp³-hybridized carbons (Fsp3) is 1.00. The van der Waals surface area contributed by atoms with Crippen LogP contribution in [0.25, 0.3) is 0 Å². The molecule has 86 valence electrons. The summed E-state index contributed by atoms with van der Waals surface area (Å²) < 4.78 is 0. The molecular formula is C13H29N. The number of hydrogen-bond donors (Lipinski definition) is 1. The van der Waals surface area contributed by atoms with Crippen LogP contribution < -0.4 is 5.32 Å². The lowest BCUT2D eigenvalue weighted by Crippen LogP contribution is -2.21. The van der Waals surface area contributed by atoms with Gasteiger partial charge >= 0.3 is 0 Å². The summed E-state index contributed by atoms with van der Waals surface area (Å²) >= 11 is 0. The molecule has 0 radical (unpaired) electrons. The fourth-order valence-electron chi connectivity index (χ4n) is 1.52. The zero-order valence-corrected chi connectivity index (χ0v) is 10.4. The Balaban J connectivity index is 2.92. The minimum atomic E-state index is 0.843. The second-order valence-electron chi connectivity index (χ2n) is 4.49. The highest BCUT2D eigenvalue weighted by Crippen LogP contribution is 2.04. The summed E-state index contributed by atoms with van der Waals surface area (Å²) in [5.74, 6) is 0.843. The molecule has 0 aliphatic heterocycles. The average Bonchev–Trinajstić information content (AvgIpc) is 2.21. The molecule has 0 aliphatic carbocycles. The molecule has 0 aromatic rings. The molecular weight excluding hydrogens is 170 g/mol. The third-order valence-corrected chi connectivity index (χ3v) is 2.90. The van der Waals surface area contributed by atoms with Crippen molar-refractivity contribution < 1.29 is 0 Å². The van der Waals surface area contributed by atoms with Crippen LogP contribution in [0.4, 0.5) is 0 Å². The van der Waals surface area contributed by atoms with Gasteiger partial charge in [0.1, 0.15) is 0 Å². The topological polar surface area (TPSA) is 12.0 Å². The molecule has 0 aliphatic rings. The minimum Gasteiger partial charge on any atom is -0.316 e. The van der Waals surface area contributed by atoms with E-state index in [0.717, 1.165) is 5.92 Å². The third kappa shape index (κ3) is 10.0. The Labute approximate surface area is 90.7 Å². The van der Waals surface area contributed by atoms with Crippen LogP contribution in [0.5, 0.6) is 0 Å². The van der Waals surface area contributed by atoms with Gasteiger partial charge < -0.3 is 5.32 Å². The van der Waals surface area contributed by atoms with Crippen molar-refractivity contribution in [3.8, 4) is 0 Å². The molecule has 1 N–H and O–H groups in total. The first-order valence-corrected chi connectivity index (χ1v) is 6.52. The molecule has 0 bridgehead atoms. The van der Waals surface area contributed by atoms with Gasteiger partial charge in [0, 0.05) is 0 Å². The SMILES string of the molecule is CCCCCCCCNCC(C)CC. The molecule has 1 heteroatoms. The normalized spacial score (nSPS) is 13.1. The molecule has 0 heterocycles. The van der Waals surface area contributed by atoms with Gasteiger partial charge in [-0.1, -0.05) is 59.3 Å². The molecule has 0 aromatic heterocycles. The third-order valence-electron chi connectivity index (χ3n) is 2.90. The molecule has 1 unspecified atom stereocenters. The van der Waals surface area contributed by atoms with Gasteiger partial charge in [0.2, 0.25) is 0 Å². The van der Waals surface area contributed by atoms with E-state index in [1.54, 1.807) is 0 Å². The Bertz CT molecular complexity index is 101. The summed E-state index contributed by atoms with van der Waals surface area (Å²) in [7, 11) is 0. The van der Waals surface area contributed by atoms with Crippen LogP contribution in [0.2, 0.25) is 0 Å². The predicted octanol–water partition coefficient (Wildman–Crippen LogP) is 3.98. The number of nitrogens with one attached hydrogen (secondary N) is 1. The number of unbranched alkanes of at least 4 members (excludes halogenated alkanes) is 5. The molecule has 0 saturated heterocycles. The highest BCUT2D eigenvalue weighted by atomic mass is 14.8. The van der Waals surface area contributed by atoms with Gasteiger partial charge in [0.05, 0.1) is 0 Å². The van der Waals surface area contributed by atoms with Crippen LogP contribution in [0.1, 0.15) is 65.7 Å². The van der Waals surface area contributed by atoms with Crippen LogP contribution in [0, 0.1) is 5.92 Å². The standard InChI is InChI=1S/C13H29N/c1-4-6-7-8-9-10-11-14-12-13(3)5-2/h13-14H,4-12H2,1-3H3. The molecule has 14 heavy (non-hydrogen) atoms. The van der Waals surface area contributed by atoms with Gasteiger partial charge in [0.15, 0.2) is 0 Å². The lowest BCUT2D eigenvalue weighted by atomic mass is 10.1. The van der Waals surface area contributed by atoms with Crippen molar-refractivity contribution in [1.29, 1.82) is 0 Å². The van der Waals surface area contributed by atoms with E-state index >= 15 is 0 Å². The van der Waals surface area contributed by atoms with E-state index in [-0.39, 0.29) is 0 Å². The maximum absolute atomic E-state index is 3.53. The zero-order valence-electron chi connectivity index (χ0n) is 10.4. The Morgan fingerprint density at radius 3 is 2.21 bits per heavy atom. The van der Waals surface area contributed by atoms with E-state index in [2.05, 4.69) is 26.1 Å². The summed E-state index contributed by atoms with van der Waals surface area (Å²) in [6.07, 6.45) is 9.70. The van der Waals surface area contributed by atoms with E-state index in [1.165, 1.54) is 58.0 Å². The molecule has 0 amide bonds.